The van der Waals surface area contributed by atoms with Gasteiger partial charge in [0.1, 0.15) is 18.2 Å². The van der Waals surface area contributed by atoms with Crippen LogP contribution in [-0.4, -0.2) is 17.0 Å². The number of aliphatic carboxylic acids is 1. The quantitative estimate of drug-likeness (QED) is 0.842. The molecule has 5 nitrogen and oxygen atoms in total. The van der Waals surface area contributed by atoms with E-state index in [4.69, 9.17) is 9.84 Å². The van der Waals surface area contributed by atoms with Crippen LogP contribution in [0.1, 0.15) is 28.7 Å². The Hall–Kier alpha value is -3.15. The molecule has 0 bridgehead atoms. The van der Waals surface area contributed by atoms with Crippen molar-refractivity contribution in [1.29, 1.82) is 0 Å². The number of carbonyl (C=O) groups excluding carboxylic acids is 1. The van der Waals surface area contributed by atoms with Crippen molar-refractivity contribution in [3.8, 4) is 0 Å². The van der Waals surface area contributed by atoms with E-state index in [9.17, 15) is 14.0 Å². The molecule has 4 rings (SSSR count). The molecule has 2 aliphatic rings. The van der Waals surface area contributed by atoms with Crippen molar-refractivity contribution >= 4 is 28.9 Å². The number of carboxylic acid groups (broad SMARTS) is 1. The van der Waals surface area contributed by atoms with Gasteiger partial charge in [0.15, 0.2) is 0 Å². The number of hydrogen-bond donors (Lipinski definition) is 2. The lowest BCUT2D eigenvalue weighted by atomic mass is 9.98. The highest BCUT2D eigenvalue weighted by Crippen LogP contribution is 2.41. The molecular weight excluding hydrogens is 325 g/mol. The molecule has 0 fully saturated rings. The minimum atomic E-state index is -0.842. The number of amides is 1. The van der Waals surface area contributed by atoms with Gasteiger partial charge in [-0.2, -0.15) is 0 Å². The number of nitrogens with one attached hydrogen (secondary N) is 1. The van der Waals surface area contributed by atoms with E-state index >= 15 is 0 Å². The third-order valence-corrected chi connectivity index (χ3v) is 4.37. The van der Waals surface area contributed by atoms with Gasteiger partial charge < -0.3 is 15.2 Å². The number of benzene rings is 2. The third-order valence-electron chi connectivity index (χ3n) is 4.37. The van der Waals surface area contributed by atoms with E-state index in [-0.39, 0.29) is 12.3 Å². The van der Waals surface area contributed by atoms with E-state index in [1.807, 2.05) is 18.2 Å². The van der Waals surface area contributed by atoms with Crippen LogP contribution in [0.5, 0.6) is 0 Å². The maximum absolute atomic E-state index is 13.4. The van der Waals surface area contributed by atoms with Crippen LogP contribution < -0.4 is 5.32 Å². The second kappa shape index (κ2) is 5.73. The van der Waals surface area contributed by atoms with Gasteiger partial charge in [-0.15, -0.1) is 0 Å². The molecule has 2 N–H and O–H groups in total. The van der Waals surface area contributed by atoms with Crippen molar-refractivity contribution in [2.45, 2.75) is 19.4 Å². The SMILES string of the molecule is O=C(O)CCc1ccc2c(c1)COC2=C1C(=O)Nc2cc(F)ccc21. The molecule has 0 aromatic heterocycles. The minimum Gasteiger partial charge on any atom is -0.487 e. The molecule has 0 spiro atoms. The monoisotopic (exact) mass is 339 g/mol. The average molecular weight is 339 g/mol. The molecule has 6 heteroatoms. The first-order valence-electron chi connectivity index (χ1n) is 7.85. The number of aryl methyl sites for hydroxylation is 1. The van der Waals surface area contributed by atoms with Gasteiger partial charge >= 0.3 is 5.97 Å². The van der Waals surface area contributed by atoms with E-state index in [0.29, 0.717) is 35.6 Å². The summed E-state index contributed by atoms with van der Waals surface area (Å²) >= 11 is 0. The summed E-state index contributed by atoms with van der Waals surface area (Å²) in [7, 11) is 0. The summed E-state index contributed by atoms with van der Waals surface area (Å²) in [6.45, 7) is 0.318. The van der Waals surface area contributed by atoms with Gasteiger partial charge in [0.05, 0.1) is 11.3 Å². The first-order chi connectivity index (χ1) is 12.0. The summed E-state index contributed by atoms with van der Waals surface area (Å²) in [5.41, 5.74) is 4.07. The fourth-order valence-corrected chi connectivity index (χ4v) is 3.20. The summed E-state index contributed by atoms with van der Waals surface area (Å²) in [5.74, 6) is -1.10. The normalized spacial score (nSPS) is 17.7. The predicted octanol–water partition coefficient (Wildman–Crippen LogP) is 3.19. The molecule has 2 aromatic carbocycles. The molecule has 0 saturated heterocycles. The fraction of sp³-hybridized carbons (Fsp3) is 0.158. The zero-order chi connectivity index (χ0) is 17.6. The molecule has 126 valence electrons. The van der Waals surface area contributed by atoms with Gasteiger partial charge in [0.2, 0.25) is 0 Å². The number of rotatable bonds is 3. The molecule has 0 atom stereocenters. The number of hydrogen-bond acceptors (Lipinski definition) is 3. The molecule has 0 aliphatic carbocycles. The largest absolute Gasteiger partial charge is 0.487 e. The first kappa shape index (κ1) is 15.4. The Bertz CT molecular complexity index is 948. The third kappa shape index (κ3) is 2.65. The van der Waals surface area contributed by atoms with Crippen molar-refractivity contribution < 1.29 is 23.8 Å². The van der Waals surface area contributed by atoms with Crippen LogP contribution in [0.4, 0.5) is 10.1 Å². The Kier molecular flexibility index (Phi) is 3.53. The summed E-state index contributed by atoms with van der Waals surface area (Å²) in [6, 6.07) is 9.75. The lowest BCUT2D eigenvalue weighted by Gasteiger charge is -2.05. The molecule has 1 amide bonds. The number of carbonyl (C=O) groups is 2. The van der Waals surface area contributed by atoms with Crippen LogP contribution in [-0.2, 0) is 27.4 Å². The van der Waals surface area contributed by atoms with E-state index in [1.54, 1.807) is 6.07 Å². The van der Waals surface area contributed by atoms with Crippen LogP contribution >= 0.6 is 0 Å². The average Bonchev–Trinajstić information content (AvgIpc) is 3.11. The summed E-state index contributed by atoms with van der Waals surface area (Å²) in [5, 5.41) is 11.5. The molecule has 0 unspecified atom stereocenters. The summed E-state index contributed by atoms with van der Waals surface area (Å²) in [6.07, 6.45) is 0.506. The second-order valence-corrected chi connectivity index (χ2v) is 6.02. The Balaban J connectivity index is 1.75. The predicted molar refractivity (Wildman–Crippen MR) is 89.0 cm³/mol. The number of carboxylic acids is 1. The molecule has 0 saturated carbocycles. The van der Waals surface area contributed by atoms with Gasteiger partial charge in [-0.25, -0.2) is 4.39 Å². The van der Waals surface area contributed by atoms with Gasteiger partial charge in [-0.3, -0.25) is 9.59 Å². The lowest BCUT2D eigenvalue weighted by Crippen LogP contribution is -2.05. The number of anilines is 1. The van der Waals surface area contributed by atoms with Crippen LogP contribution in [0.15, 0.2) is 36.4 Å². The van der Waals surface area contributed by atoms with Crippen molar-refractivity contribution in [2.24, 2.45) is 0 Å². The van der Waals surface area contributed by atoms with E-state index in [0.717, 1.165) is 16.7 Å². The standard InChI is InChI=1S/C19H14FNO4/c20-12-3-5-14-15(8-12)21-19(24)17(14)18-13-4-1-10(2-6-16(22)23)7-11(13)9-25-18/h1,3-5,7-8H,2,6,9H2,(H,21,24)(H,22,23). The smallest absolute Gasteiger partial charge is 0.303 e. The Labute approximate surface area is 142 Å². The second-order valence-electron chi connectivity index (χ2n) is 6.02. The van der Waals surface area contributed by atoms with Crippen molar-refractivity contribution in [1.82, 2.24) is 0 Å². The lowest BCUT2D eigenvalue weighted by molar-refractivity contribution is -0.137. The first-order valence-corrected chi connectivity index (χ1v) is 7.85. The molecule has 0 radical (unpaired) electrons. The zero-order valence-corrected chi connectivity index (χ0v) is 13.1. The van der Waals surface area contributed by atoms with E-state index in [2.05, 4.69) is 5.32 Å². The molecule has 2 aliphatic heterocycles. The number of fused-ring (bicyclic) bond motifs is 2. The molecule has 25 heavy (non-hydrogen) atoms. The van der Waals surface area contributed by atoms with Gasteiger partial charge in [-0.1, -0.05) is 18.2 Å². The Morgan fingerprint density at radius 1 is 1.20 bits per heavy atom. The van der Waals surface area contributed by atoms with Crippen molar-refractivity contribution in [3.63, 3.8) is 0 Å². The maximum atomic E-state index is 13.4. The van der Waals surface area contributed by atoms with E-state index < -0.39 is 11.8 Å². The van der Waals surface area contributed by atoms with Crippen LogP contribution in [0.25, 0.3) is 11.3 Å². The Morgan fingerprint density at radius 3 is 2.80 bits per heavy atom. The van der Waals surface area contributed by atoms with E-state index in [1.165, 1.54) is 12.1 Å². The zero-order valence-electron chi connectivity index (χ0n) is 13.1. The van der Waals surface area contributed by atoms with Gasteiger partial charge in [-0.05, 0) is 30.2 Å². The van der Waals surface area contributed by atoms with Gasteiger partial charge in [0.25, 0.3) is 5.91 Å². The fourth-order valence-electron chi connectivity index (χ4n) is 3.20. The highest BCUT2D eigenvalue weighted by atomic mass is 19.1. The van der Waals surface area contributed by atoms with Crippen LogP contribution in [0.2, 0.25) is 0 Å². The molecule has 2 aromatic rings. The highest BCUT2D eigenvalue weighted by Gasteiger charge is 2.32. The summed E-state index contributed by atoms with van der Waals surface area (Å²) < 4.78 is 19.1. The van der Waals surface area contributed by atoms with Crippen LogP contribution in [0, 0.1) is 5.82 Å². The minimum absolute atomic E-state index is 0.0644. The maximum Gasteiger partial charge on any atom is 0.303 e. The van der Waals surface area contributed by atoms with Gasteiger partial charge in [0, 0.05) is 23.1 Å². The molecular formula is C19H14FNO4. The highest BCUT2D eigenvalue weighted by molar-refractivity contribution is 6.36. The molecule has 2 heterocycles. The summed E-state index contributed by atoms with van der Waals surface area (Å²) in [4.78, 5) is 23.1. The topological polar surface area (TPSA) is 75.6 Å². The van der Waals surface area contributed by atoms with Crippen LogP contribution in [0.3, 0.4) is 0 Å². The van der Waals surface area contributed by atoms with Crippen molar-refractivity contribution in [3.05, 3.63) is 64.5 Å². The number of halogens is 1. The Morgan fingerprint density at radius 2 is 2.00 bits per heavy atom. The van der Waals surface area contributed by atoms with Crippen molar-refractivity contribution in [2.75, 3.05) is 5.32 Å². The number of ether oxygens (including phenoxy) is 1.